The Labute approximate surface area is 145 Å². The van der Waals surface area contributed by atoms with E-state index < -0.39 is 10.0 Å². The molecule has 2 aromatic heterocycles. The van der Waals surface area contributed by atoms with Gasteiger partial charge in [0, 0.05) is 31.0 Å². The molecule has 0 bridgehead atoms. The van der Waals surface area contributed by atoms with E-state index in [0.29, 0.717) is 23.0 Å². The highest BCUT2D eigenvalue weighted by Gasteiger charge is 2.26. The van der Waals surface area contributed by atoms with Gasteiger partial charge in [0.1, 0.15) is 5.65 Å². The van der Waals surface area contributed by atoms with Crippen LogP contribution in [0.2, 0.25) is 5.02 Å². The molecular weight excluding hydrogens is 346 g/mol. The standard InChI is InChI=1S/C17H16ClN3O2S/c18-14-5-8-17-19-16(12-20(17)11-14)13-3-6-15(7-4-13)24(22,23)21-9-1-2-10-21/h3-8,11-12H,1-2,9-10H2. The summed E-state index contributed by atoms with van der Waals surface area (Å²) >= 11 is 5.99. The number of rotatable bonds is 3. The Balaban J connectivity index is 1.67. The Morgan fingerprint density at radius 1 is 0.958 bits per heavy atom. The van der Waals surface area contributed by atoms with Gasteiger partial charge in [-0.3, -0.25) is 0 Å². The topological polar surface area (TPSA) is 54.7 Å². The number of benzene rings is 1. The largest absolute Gasteiger partial charge is 0.305 e. The lowest BCUT2D eigenvalue weighted by Gasteiger charge is -2.15. The molecule has 1 fully saturated rings. The summed E-state index contributed by atoms with van der Waals surface area (Å²) in [6.07, 6.45) is 5.53. The van der Waals surface area contributed by atoms with Gasteiger partial charge in [-0.1, -0.05) is 23.7 Å². The van der Waals surface area contributed by atoms with E-state index in [1.807, 2.05) is 16.7 Å². The van der Waals surface area contributed by atoms with Crippen molar-refractivity contribution in [2.75, 3.05) is 13.1 Å². The lowest BCUT2D eigenvalue weighted by atomic mass is 10.2. The van der Waals surface area contributed by atoms with Gasteiger partial charge in [-0.05, 0) is 37.1 Å². The van der Waals surface area contributed by atoms with Crippen LogP contribution in [0, 0.1) is 0 Å². The number of sulfonamides is 1. The summed E-state index contributed by atoms with van der Waals surface area (Å²) in [5.41, 5.74) is 2.45. The lowest BCUT2D eigenvalue weighted by Crippen LogP contribution is -2.27. The van der Waals surface area contributed by atoms with Crippen molar-refractivity contribution in [3.05, 3.63) is 53.8 Å². The molecule has 4 rings (SSSR count). The predicted molar refractivity (Wildman–Crippen MR) is 93.6 cm³/mol. The van der Waals surface area contributed by atoms with Crippen LogP contribution < -0.4 is 0 Å². The summed E-state index contributed by atoms with van der Waals surface area (Å²) in [6, 6.07) is 10.5. The van der Waals surface area contributed by atoms with E-state index in [0.717, 1.165) is 29.7 Å². The third-order valence-electron chi connectivity index (χ3n) is 4.27. The number of imidazole rings is 1. The second-order valence-electron chi connectivity index (χ2n) is 5.87. The van der Waals surface area contributed by atoms with E-state index in [-0.39, 0.29) is 0 Å². The van der Waals surface area contributed by atoms with Gasteiger partial charge < -0.3 is 4.40 Å². The van der Waals surface area contributed by atoms with Crippen molar-refractivity contribution in [3.8, 4) is 11.3 Å². The molecule has 0 spiro atoms. The van der Waals surface area contributed by atoms with Crippen LogP contribution >= 0.6 is 11.6 Å². The minimum absolute atomic E-state index is 0.333. The fraction of sp³-hybridized carbons (Fsp3) is 0.235. The molecule has 1 saturated heterocycles. The average molecular weight is 362 g/mol. The quantitative estimate of drug-likeness (QED) is 0.718. The maximum absolute atomic E-state index is 12.6. The molecule has 3 heterocycles. The summed E-state index contributed by atoms with van der Waals surface area (Å²) in [6.45, 7) is 1.22. The summed E-state index contributed by atoms with van der Waals surface area (Å²) in [7, 11) is -3.38. The zero-order chi connectivity index (χ0) is 16.7. The first-order valence-electron chi connectivity index (χ1n) is 7.79. The molecule has 124 valence electrons. The molecule has 3 aromatic rings. The van der Waals surface area contributed by atoms with Gasteiger partial charge in [0.05, 0.1) is 15.6 Å². The number of aromatic nitrogens is 2. The van der Waals surface area contributed by atoms with Gasteiger partial charge in [0.15, 0.2) is 0 Å². The van der Waals surface area contributed by atoms with Gasteiger partial charge in [0.25, 0.3) is 0 Å². The van der Waals surface area contributed by atoms with Gasteiger partial charge in [0.2, 0.25) is 10.0 Å². The van der Waals surface area contributed by atoms with E-state index in [1.54, 1.807) is 40.8 Å². The zero-order valence-electron chi connectivity index (χ0n) is 12.9. The molecule has 24 heavy (non-hydrogen) atoms. The van der Waals surface area contributed by atoms with Crippen molar-refractivity contribution >= 4 is 27.3 Å². The maximum Gasteiger partial charge on any atom is 0.243 e. The second kappa shape index (κ2) is 5.88. The number of fused-ring (bicyclic) bond motifs is 1. The van der Waals surface area contributed by atoms with Crippen LogP contribution in [0.3, 0.4) is 0 Å². The van der Waals surface area contributed by atoms with E-state index in [2.05, 4.69) is 4.98 Å². The molecule has 0 unspecified atom stereocenters. The lowest BCUT2D eigenvalue weighted by molar-refractivity contribution is 0.477. The van der Waals surface area contributed by atoms with Crippen LogP contribution in [-0.2, 0) is 10.0 Å². The van der Waals surface area contributed by atoms with Crippen molar-refractivity contribution in [3.63, 3.8) is 0 Å². The fourth-order valence-electron chi connectivity index (χ4n) is 2.98. The number of hydrogen-bond acceptors (Lipinski definition) is 3. The highest BCUT2D eigenvalue weighted by molar-refractivity contribution is 7.89. The Bertz CT molecular complexity index is 990. The highest BCUT2D eigenvalue weighted by Crippen LogP contribution is 2.25. The maximum atomic E-state index is 12.6. The number of hydrogen-bond donors (Lipinski definition) is 0. The average Bonchev–Trinajstić information content (AvgIpc) is 3.24. The van der Waals surface area contributed by atoms with Crippen LogP contribution in [0.25, 0.3) is 16.9 Å². The smallest absolute Gasteiger partial charge is 0.243 e. The molecule has 0 saturated carbocycles. The van der Waals surface area contributed by atoms with E-state index >= 15 is 0 Å². The molecule has 0 radical (unpaired) electrons. The van der Waals surface area contributed by atoms with Crippen LogP contribution in [0.5, 0.6) is 0 Å². The molecule has 0 aliphatic carbocycles. The van der Waals surface area contributed by atoms with Gasteiger partial charge in [-0.15, -0.1) is 0 Å². The Morgan fingerprint density at radius 2 is 1.67 bits per heavy atom. The molecular formula is C17H16ClN3O2S. The first kappa shape index (κ1) is 15.6. The van der Waals surface area contributed by atoms with E-state index in [1.165, 1.54) is 0 Å². The molecule has 1 aromatic carbocycles. The monoisotopic (exact) mass is 361 g/mol. The van der Waals surface area contributed by atoms with Crippen LogP contribution in [-0.4, -0.2) is 35.2 Å². The van der Waals surface area contributed by atoms with Crippen molar-refractivity contribution < 1.29 is 8.42 Å². The van der Waals surface area contributed by atoms with Gasteiger partial charge in [-0.2, -0.15) is 4.31 Å². The number of nitrogens with zero attached hydrogens (tertiary/aromatic N) is 3. The molecule has 0 amide bonds. The minimum atomic E-state index is -3.38. The highest BCUT2D eigenvalue weighted by atomic mass is 35.5. The third-order valence-corrected chi connectivity index (χ3v) is 6.40. The predicted octanol–water partition coefficient (Wildman–Crippen LogP) is 3.44. The first-order valence-corrected chi connectivity index (χ1v) is 9.61. The summed E-state index contributed by atoms with van der Waals surface area (Å²) in [5.74, 6) is 0. The molecule has 1 aliphatic rings. The molecule has 0 atom stereocenters. The Hall–Kier alpha value is -1.89. The SMILES string of the molecule is O=S(=O)(c1ccc(-c2cn3cc(Cl)ccc3n2)cc1)N1CCCC1. The van der Waals surface area contributed by atoms with Gasteiger partial charge >= 0.3 is 0 Å². The second-order valence-corrected chi connectivity index (χ2v) is 8.25. The Morgan fingerprint density at radius 3 is 2.38 bits per heavy atom. The fourth-order valence-corrected chi connectivity index (χ4v) is 4.66. The molecule has 5 nitrogen and oxygen atoms in total. The van der Waals surface area contributed by atoms with Gasteiger partial charge in [-0.25, -0.2) is 13.4 Å². The third kappa shape index (κ3) is 2.70. The first-order chi connectivity index (χ1) is 11.5. The van der Waals surface area contributed by atoms with Crippen LogP contribution in [0.1, 0.15) is 12.8 Å². The number of pyridine rings is 1. The van der Waals surface area contributed by atoms with Crippen molar-refractivity contribution in [1.82, 2.24) is 13.7 Å². The van der Waals surface area contributed by atoms with Crippen LogP contribution in [0.4, 0.5) is 0 Å². The van der Waals surface area contributed by atoms with E-state index in [9.17, 15) is 8.42 Å². The zero-order valence-corrected chi connectivity index (χ0v) is 14.5. The van der Waals surface area contributed by atoms with Crippen molar-refractivity contribution in [1.29, 1.82) is 0 Å². The summed E-state index contributed by atoms with van der Waals surface area (Å²) < 4.78 is 28.5. The summed E-state index contributed by atoms with van der Waals surface area (Å²) in [5, 5.41) is 0.638. The minimum Gasteiger partial charge on any atom is -0.305 e. The molecule has 7 heteroatoms. The Kier molecular flexibility index (Phi) is 3.83. The molecule has 0 N–H and O–H groups in total. The van der Waals surface area contributed by atoms with E-state index in [4.69, 9.17) is 11.6 Å². The normalized spacial score (nSPS) is 16.0. The molecule has 1 aliphatic heterocycles. The van der Waals surface area contributed by atoms with Crippen LogP contribution in [0.15, 0.2) is 53.7 Å². The van der Waals surface area contributed by atoms with Crippen molar-refractivity contribution in [2.45, 2.75) is 17.7 Å². The summed E-state index contributed by atoms with van der Waals surface area (Å²) in [4.78, 5) is 4.87. The number of halogens is 1. The van der Waals surface area contributed by atoms with Crippen molar-refractivity contribution in [2.24, 2.45) is 0 Å².